The summed E-state index contributed by atoms with van der Waals surface area (Å²) in [4.78, 5) is 30.7. The predicted octanol–water partition coefficient (Wildman–Crippen LogP) is 4.16. The van der Waals surface area contributed by atoms with E-state index in [-0.39, 0.29) is 17.4 Å². The molecule has 0 spiro atoms. The second-order valence-corrected chi connectivity index (χ2v) is 9.48. The van der Waals surface area contributed by atoms with Crippen LogP contribution in [0, 0.1) is 5.92 Å². The Balaban J connectivity index is 1.35. The molecule has 1 aliphatic heterocycles. The van der Waals surface area contributed by atoms with Crippen molar-refractivity contribution in [2.75, 3.05) is 26.2 Å². The summed E-state index contributed by atoms with van der Waals surface area (Å²) >= 11 is 0. The minimum absolute atomic E-state index is 0.0986. The highest BCUT2D eigenvalue weighted by molar-refractivity contribution is 6.04. The van der Waals surface area contributed by atoms with Gasteiger partial charge in [0, 0.05) is 44.7 Å². The van der Waals surface area contributed by atoms with Crippen LogP contribution in [0.5, 0.6) is 0 Å². The predicted molar refractivity (Wildman–Crippen MR) is 136 cm³/mol. The maximum Gasteiger partial charge on any atom is 0.275 e. The number of piperazine rings is 1. The number of carbonyl (C=O) groups excluding carboxylic acids is 1. The number of aromatic nitrogens is 2. The molecule has 1 saturated heterocycles. The molecule has 6 heteroatoms. The SMILES string of the molecule is CC(C)Cn1nc(C(=O)N2CCN(Cc3cccc4ccccc34)CC2)c2ccccc2c1=O. The topological polar surface area (TPSA) is 58.4 Å². The second-order valence-electron chi connectivity index (χ2n) is 9.48. The Hall–Kier alpha value is -3.51. The Morgan fingerprint density at radius 1 is 0.853 bits per heavy atom. The van der Waals surface area contributed by atoms with Crippen molar-refractivity contribution in [1.29, 1.82) is 0 Å². The van der Waals surface area contributed by atoms with Gasteiger partial charge in [0.05, 0.1) is 5.39 Å². The van der Waals surface area contributed by atoms with Crippen LogP contribution < -0.4 is 5.56 Å². The molecule has 34 heavy (non-hydrogen) atoms. The van der Waals surface area contributed by atoms with Gasteiger partial charge < -0.3 is 4.90 Å². The minimum atomic E-state index is -0.138. The molecule has 1 aliphatic rings. The lowest BCUT2D eigenvalue weighted by atomic mass is 10.0. The fourth-order valence-corrected chi connectivity index (χ4v) is 4.79. The molecule has 0 N–H and O–H groups in total. The lowest BCUT2D eigenvalue weighted by Gasteiger charge is -2.35. The van der Waals surface area contributed by atoms with E-state index < -0.39 is 0 Å². The van der Waals surface area contributed by atoms with Gasteiger partial charge in [0.1, 0.15) is 0 Å². The quantitative estimate of drug-likeness (QED) is 0.454. The molecule has 0 unspecified atom stereocenters. The van der Waals surface area contributed by atoms with Gasteiger partial charge in [-0.1, -0.05) is 74.5 Å². The van der Waals surface area contributed by atoms with Crippen molar-refractivity contribution >= 4 is 27.5 Å². The van der Waals surface area contributed by atoms with Crippen molar-refractivity contribution in [2.24, 2.45) is 5.92 Å². The first kappa shape index (κ1) is 22.3. The van der Waals surface area contributed by atoms with E-state index in [1.807, 2.05) is 36.9 Å². The highest BCUT2D eigenvalue weighted by Crippen LogP contribution is 2.21. The molecule has 5 rings (SSSR count). The zero-order valence-electron chi connectivity index (χ0n) is 19.8. The Labute approximate surface area is 199 Å². The van der Waals surface area contributed by atoms with Crippen molar-refractivity contribution in [3.05, 3.63) is 88.3 Å². The van der Waals surface area contributed by atoms with Gasteiger partial charge in [-0.2, -0.15) is 5.10 Å². The number of benzene rings is 3. The van der Waals surface area contributed by atoms with Crippen LogP contribution in [-0.4, -0.2) is 51.7 Å². The molecule has 0 atom stereocenters. The molecule has 1 amide bonds. The first-order valence-corrected chi connectivity index (χ1v) is 12.0. The van der Waals surface area contributed by atoms with Crippen LogP contribution in [0.3, 0.4) is 0 Å². The molecular weight excluding hydrogens is 424 g/mol. The molecule has 2 heterocycles. The van der Waals surface area contributed by atoms with Crippen molar-refractivity contribution in [3.63, 3.8) is 0 Å². The van der Waals surface area contributed by atoms with Gasteiger partial charge in [-0.25, -0.2) is 4.68 Å². The van der Waals surface area contributed by atoms with Crippen LogP contribution >= 0.6 is 0 Å². The van der Waals surface area contributed by atoms with E-state index in [0.717, 1.165) is 19.6 Å². The molecule has 1 fully saturated rings. The standard InChI is InChI=1S/C28H30N4O2/c1-20(2)18-32-27(33)25-13-6-5-12-24(25)26(29-32)28(34)31-16-14-30(15-17-31)19-22-10-7-9-21-8-3-4-11-23(21)22/h3-13,20H,14-19H2,1-2H3. The van der Waals surface area contributed by atoms with Crippen molar-refractivity contribution in [3.8, 4) is 0 Å². The van der Waals surface area contributed by atoms with E-state index in [0.29, 0.717) is 36.1 Å². The molecule has 0 radical (unpaired) electrons. The third-order valence-electron chi connectivity index (χ3n) is 6.54. The third kappa shape index (κ3) is 4.33. The second kappa shape index (κ2) is 9.39. The number of fused-ring (bicyclic) bond motifs is 2. The lowest BCUT2D eigenvalue weighted by Crippen LogP contribution is -2.48. The van der Waals surface area contributed by atoms with Crippen LogP contribution in [0.25, 0.3) is 21.5 Å². The Bertz CT molecular complexity index is 1400. The summed E-state index contributed by atoms with van der Waals surface area (Å²) < 4.78 is 1.46. The number of hydrogen-bond acceptors (Lipinski definition) is 4. The number of hydrogen-bond donors (Lipinski definition) is 0. The number of rotatable bonds is 5. The largest absolute Gasteiger partial charge is 0.335 e. The molecule has 0 bridgehead atoms. The summed E-state index contributed by atoms with van der Waals surface area (Å²) in [6.45, 7) is 8.33. The molecular formula is C28H30N4O2. The van der Waals surface area contributed by atoms with Crippen LogP contribution in [-0.2, 0) is 13.1 Å². The fourth-order valence-electron chi connectivity index (χ4n) is 4.79. The highest BCUT2D eigenvalue weighted by Gasteiger charge is 2.26. The van der Waals surface area contributed by atoms with E-state index in [4.69, 9.17) is 0 Å². The average molecular weight is 455 g/mol. The van der Waals surface area contributed by atoms with E-state index in [1.54, 1.807) is 6.07 Å². The molecule has 4 aromatic rings. The first-order chi connectivity index (χ1) is 16.5. The number of carbonyl (C=O) groups is 1. The summed E-state index contributed by atoms with van der Waals surface area (Å²) in [6, 6.07) is 22.2. The lowest BCUT2D eigenvalue weighted by molar-refractivity contribution is 0.0622. The molecule has 6 nitrogen and oxygen atoms in total. The Kier molecular flexibility index (Phi) is 6.16. The van der Waals surface area contributed by atoms with Crippen LogP contribution in [0.15, 0.2) is 71.5 Å². The molecule has 0 aliphatic carbocycles. The van der Waals surface area contributed by atoms with Gasteiger partial charge in [-0.15, -0.1) is 0 Å². The van der Waals surface area contributed by atoms with E-state index in [9.17, 15) is 9.59 Å². The smallest absolute Gasteiger partial charge is 0.275 e. The van der Waals surface area contributed by atoms with Crippen LogP contribution in [0.1, 0.15) is 29.9 Å². The minimum Gasteiger partial charge on any atom is -0.335 e. The van der Waals surface area contributed by atoms with E-state index in [1.165, 1.54) is 21.0 Å². The summed E-state index contributed by atoms with van der Waals surface area (Å²) in [7, 11) is 0. The maximum atomic E-state index is 13.5. The summed E-state index contributed by atoms with van der Waals surface area (Å²) in [6.07, 6.45) is 0. The maximum absolute atomic E-state index is 13.5. The van der Waals surface area contributed by atoms with E-state index in [2.05, 4.69) is 52.5 Å². The average Bonchev–Trinajstić information content (AvgIpc) is 2.86. The normalized spacial score (nSPS) is 14.9. The van der Waals surface area contributed by atoms with Gasteiger partial charge in [-0.05, 0) is 28.3 Å². The van der Waals surface area contributed by atoms with Crippen molar-refractivity contribution < 1.29 is 4.79 Å². The van der Waals surface area contributed by atoms with E-state index >= 15 is 0 Å². The van der Waals surface area contributed by atoms with Crippen molar-refractivity contribution in [1.82, 2.24) is 19.6 Å². The summed E-state index contributed by atoms with van der Waals surface area (Å²) in [5, 5.41) is 8.26. The first-order valence-electron chi connectivity index (χ1n) is 12.0. The van der Waals surface area contributed by atoms with Gasteiger partial charge >= 0.3 is 0 Å². The highest BCUT2D eigenvalue weighted by atomic mass is 16.2. The third-order valence-corrected chi connectivity index (χ3v) is 6.54. The van der Waals surface area contributed by atoms with Crippen LogP contribution in [0.2, 0.25) is 0 Å². The monoisotopic (exact) mass is 454 g/mol. The molecule has 0 saturated carbocycles. The molecule has 1 aromatic heterocycles. The zero-order chi connectivity index (χ0) is 23.7. The van der Waals surface area contributed by atoms with Gasteiger partial charge in [0.2, 0.25) is 0 Å². The number of amides is 1. The van der Waals surface area contributed by atoms with Crippen LogP contribution in [0.4, 0.5) is 0 Å². The summed E-state index contributed by atoms with van der Waals surface area (Å²) in [5.41, 5.74) is 1.55. The van der Waals surface area contributed by atoms with Gasteiger partial charge in [0.15, 0.2) is 5.69 Å². The Morgan fingerprint density at radius 2 is 1.50 bits per heavy atom. The Morgan fingerprint density at radius 3 is 2.24 bits per heavy atom. The fraction of sp³-hybridized carbons (Fsp3) is 0.321. The van der Waals surface area contributed by atoms with Gasteiger partial charge in [-0.3, -0.25) is 14.5 Å². The zero-order valence-corrected chi connectivity index (χ0v) is 19.8. The molecule has 174 valence electrons. The number of nitrogens with zero attached hydrogens (tertiary/aromatic N) is 4. The van der Waals surface area contributed by atoms with Crippen molar-refractivity contribution in [2.45, 2.75) is 26.9 Å². The molecule has 3 aromatic carbocycles. The van der Waals surface area contributed by atoms with Gasteiger partial charge in [0.25, 0.3) is 11.5 Å². The summed E-state index contributed by atoms with van der Waals surface area (Å²) in [5.74, 6) is 0.158.